The zero-order valence-electron chi connectivity index (χ0n) is 23.2. The van der Waals surface area contributed by atoms with E-state index in [1.54, 1.807) is 32.4 Å². The van der Waals surface area contributed by atoms with Crippen LogP contribution in [0.15, 0.2) is 60.7 Å². The number of amides is 1. The Morgan fingerprint density at radius 2 is 1.64 bits per heavy atom. The van der Waals surface area contributed by atoms with Gasteiger partial charge in [-0.2, -0.15) is 0 Å². The van der Waals surface area contributed by atoms with E-state index in [0.29, 0.717) is 35.6 Å². The number of methoxy groups -OCH3 is 2. The molecule has 4 aromatic rings. The summed E-state index contributed by atoms with van der Waals surface area (Å²) in [5.41, 5.74) is 9.21. The summed E-state index contributed by atoms with van der Waals surface area (Å²) in [4.78, 5) is 27.0. The molecule has 0 saturated carbocycles. The van der Waals surface area contributed by atoms with Crippen molar-refractivity contribution in [2.45, 2.75) is 10.6 Å². The third-order valence-corrected chi connectivity index (χ3v) is 6.71. The van der Waals surface area contributed by atoms with E-state index in [-0.39, 0.29) is 17.5 Å². The van der Waals surface area contributed by atoms with Gasteiger partial charge < -0.3 is 25.3 Å². The predicted octanol–water partition coefficient (Wildman–Crippen LogP) is -1.09. The number of nitrogen functional groups attached to an aromatic ring is 1. The molecule has 196 valence electrons. The third-order valence-electron chi connectivity index (χ3n) is 6.71. The molecule has 2 aromatic carbocycles. The molecular weight excluding hydrogens is 490 g/mol. The van der Waals surface area contributed by atoms with Crippen LogP contribution in [0.1, 0.15) is 27.4 Å². The monoisotopic (exact) mass is 521 g/mol. The molecule has 0 fully saturated rings. The summed E-state index contributed by atoms with van der Waals surface area (Å²) in [5, 5.41) is 2.38. The van der Waals surface area contributed by atoms with Crippen molar-refractivity contribution in [3.8, 4) is 11.5 Å². The molecule has 3 N–H and O–H groups in total. The van der Waals surface area contributed by atoms with Gasteiger partial charge in [0.25, 0.3) is 5.91 Å². The van der Waals surface area contributed by atoms with Crippen LogP contribution in [0.3, 0.4) is 0 Å². The Morgan fingerprint density at radius 3 is 2.38 bits per heavy atom. The van der Waals surface area contributed by atoms with Crippen LogP contribution in [0.5, 0.6) is 11.5 Å². The fourth-order valence-electron chi connectivity index (χ4n) is 4.38. The van der Waals surface area contributed by atoms with E-state index < -0.39 is 10.6 Å². The first-order chi connectivity index (χ1) is 18.6. The van der Waals surface area contributed by atoms with Crippen molar-refractivity contribution in [3.63, 3.8) is 0 Å². The van der Waals surface area contributed by atoms with E-state index in [0.717, 1.165) is 17.0 Å². The SMILES string of the molecule is BC(B)(NC(=O)c1nc(N)nc2c(OC)cccc12)c1cccc(C(B)(B)c2cccc(OCCOC)c2)n1. The van der Waals surface area contributed by atoms with Gasteiger partial charge in [-0.05, 0) is 41.1 Å². The molecule has 2 aromatic heterocycles. The standard InChI is InChI=1S/C26H31B4N5O4/c1-37-12-13-39-16-7-3-6-15(14-16)25(27,28)19-10-5-11-20(32-19)26(29,30)35-23(36)22-17-8-4-9-18(38-2)21(17)33-24(31)34-22/h3-11,14H,12-13,27-30H2,1-2H3,(H,35,36)(H2,31,33,34). The Morgan fingerprint density at radius 1 is 0.923 bits per heavy atom. The molecule has 1 amide bonds. The number of para-hydroxylation sites is 1. The summed E-state index contributed by atoms with van der Waals surface area (Å²) in [5.74, 6) is 0.888. The van der Waals surface area contributed by atoms with Crippen molar-refractivity contribution < 1.29 is 19.0 Å². The first kappa shape index (κ1) is 28.0. The topological polar surface area (TPSA) is 121 Å². The molecule has 13 heteroatoms. The molecule has 0 saturated heterocycles. The zero-order chi connectivity index (χ0) is 28.2. The van der Waals surface area contributed by atoms with Gasteiger partial charge in [0, 0.05) is 29.2 Å². The van der Waals surface area contributed by atoms with Crippen LogP contribution in [0, 0.1) is 0 Å². The van der Waals surface area contributed by atoms with Gasteiger partial charge in [0.05, 0.1) is 13.7 Å². The van der Waals surface area contributed by atoms with Crippen LogP contribution in [0.4, 0.5) is 5.95 Å². The number of aromatic nitrogens is 3. The van der Waals surface area contributed by atoms with E-state index in [1.165, 1.54) is 0 Å². The zero-order valence-corrected chi connectivity index (χ0v) is 23.2. The highest BCUT2D eigenvalue weighted by Gasteiger charge is 2.30. The number of nitrogens with one attached hydrogen (secondary N) is 1. The largest absolute Gasteiger partial charge is 0.494 e. The number of ether oxygens (including phenoxy) is 3. The smallest absolute Gasteiger partial charge is 0.270 e. The Labute approximate surface area is 231 Å². The van der Waals surface area contributed by atoms with Gasteiger partial charge in [-0.15, -0.1) is 0 Å². The van der Waals surface area contributed by atoms with E-state index in [2.05, 4.69) is 37.0 Å². The maximum absolute atomic E-state index is 13.5. The summed E-state index contributed by atoms with van der Waals surface area (Å²) in [6.07, 6.45) is 0. The molecule has 0 radical (unpaired) electrons. The number of rotatable bonds is 10. The van der Waals surface area contributed by atoms with Gasteiger partial charge in [0.1, 0.15) is 60.7 Å². The summed E-state index contributed by atoms with van der Waals surface area (Å²) in [6.45, 7) is 0.991. The summed E-state index contributed by atoms with van der Waals surface area (Å²) < 4.78 is 16.3. The van der Waals surface area contributed by atoms with Crippen molar-refractivity contribution in [1.29, 1.82) is 0 Å². The number of nitrogens with two attached hydrogens (primary N) is 1. The van der Waals surface area contributed by atoms with Gasteiger partial charge >= 0.3 is 0 Å². The Bertz CT molecular complexity index is 1500. The maximum atomic E-state index is 13.5. The lowest BCUT2D eigenvalue weighted by atomic mass is 9.49. The number of benzene rings is 2. The van der Waals surface area contributed by atoms with Crippen LogP contribution >= 0.6 is 0 Å². The number of carbonyl (C=O) groups excluding carboxylic acids is 1. The molecule has 0 aliphatic carbocycles. The van der Waals surface area contributed by atoms with E-state index in [4.69, 9.17) is 24.9 Å². The third kappa shape index (κ3) is 6.04. The van der Waals surface area contributed by atoms with E-state index in [1.807, 2.05) is 52.1 Å². The molecule has 39 heavy (non-hydrogen) atoms. The fourth-order valence-corrected chi connectivity index (χ4v) is 4.38. The lowest BCUT2D eigenvalue weighted by molar-refractivity contribution is 0.0938. The molecule has 0 aliphatic rings. The number of anilines is 1. The quantitative estimate of drug-likeness (QED) is 0.200. The molecular formula is C26H31B4N5O4. The second-order valence-corrected chi connectivity index (χ2v) is 10.3. The van der Waals surface area contributed by atoms with Crippen molar-refractivity contribution in [2.75, 3.05) is 33.2 Å². The Balaban J connectivity index is 1.62. The highest BCUT2D eigenvalue weighted by Crippen LogP contribution is 2.29. The minimum atomic E-state index is -0.820. The summed E-state index contributed by atoms with van der Waals surface area (Å²) in [6, 6.07) is 19.1. The first-order valence-electron chi connectivity index (χ1n) is 12.7. The van der Waals surface area contributed by atoms with Gasteiger partial charge in [0.15, 0.2) is 0 Å². The molecule has 4 rings (SSSR count). The molecule has 2 heterocycles. The van der Waals surface area contributed by atoms with Gasteiger partial charge in [-0.25, -0.2) is 9.97 Å². The van der Waals surface area contributed by atoms with Crippen LogP contribution in [-0.2, 0) is 15.3 Å². The molecule has 0 bridgehead atoms. The normalized spacial score (nSPS) is 11.7. The minimum absolute atomic E-state index is 0.00902. The van der Waals surface area contributed by atoms with Crippen LogP contribution in [0.2, 0.25) is 0 Å². The van der Waals surface area contributed by atoms with Gasteiger partial charge in [-0.3, -0.25) is 9.78 Å². The molecule has 0 aliphatic heterocycles. The van der Waals surface area contributed by atoms with Gasteiger partial charge in [0.2, 0.25) is 5.95 Å². The lowest BCUT2D eigenvalue weighted by Crippen LogP contribution is -2.48. The minimum Gasteiger partial charge on any atom is -0.494 e. The second-order valence-electron chi connectivity index (χ2n) is 10.3. The predicted molar refractivity (Wildman–Crippen MR) is 163 cm³/mol. The number of pyridine rings is 1. The summed E-state index contributed by atoms with van der Waals surface area (Å²) in [7, 11) is 11.2. The van der Waals surface area contributed by atoms with Crippen LogP contribution < -0.4 is 20.5 Å². The number of fused-ring (bicyclic) bond motifs is 1. The van der Waals surface area contributed by atoms with Crippen molar-refractivity contribution >= 4 is 54.1 Å². The Kier molecular flexibility index (Phi) is 8.20. The van der Waals surface area contributed by atoms with Crippen LogP contribution in [-0.4, -0.2) is 79.7 Å². The average molecular weight is 521 g/mol. The lowest BCUT2D eigenvalue weighted by Gasteiger charge is -2.30. The average Bonchev–Trinajstić information content (AvgIpc) is 2.92. The van der Waals surface area contributed by atoms with Crippen LogP contribution in [0.25, 0.3) is 10.9 Å². The number of hydrogen-bond acceptors (Lipinski definition) is 8. The van der Waals surface area contributed by atoms with Crippen molar-refractivity contribution in [2.24, 2.45) is 0 Å². The number of nitrogens with zero attached hydrogens (tertiary/aromatic N) is 3. The number of hydrogen-bond donors (Lipinski definition) is 2. The van der Waals surface area contributed by atoms with E-state index in [9.17, 15) is 4.79 Å². The molecule has 0 unspecified atom stereocenters. The molecule has 0 spiro atoms. The van der Waals surface area contributed by atoms with Gasteiger partial charge in [-0.1, -0.05) is 30.3 Å². The first-order valence-corrected chi connectivity index (χ1v) is 12.7. The van der Waals surface area contributed by atoms with Crippen molar-refractivity contribution in [3.05, 3.63) is 83.3 Å². The fraction of sp³-hybridized carbons (Fsp3) is 0.231. The summed E-state index contributed by atoms with van der Waals surface area (Å²) >= 11 is 0. The molecule has 9 nitrogen and oxygen atoms in total. The Hall–Kier alpha value is -3.98. The molecule has 0 atom stereocenters. The highest BCUT2D eigenvalue weighted by atomic mass is 16.5. The highest BCUT2D eigenvalue weighted by molar-refractivity contribution is 6.42. The maximum Gasteiger partial charge on any atom is 0.270 e. The van der Waals surface area contributed by atoms with E-state index >= 15 is 0 Å². The number of carbonyl (C=O) groups is 1. The second kappa shape index (κ2) is 11.4. The van der Waals surface area contributed by atoms with Crippen molar-refractivity contribution in [1.82, 2.24) is 20.3 Å².